The molecule has 0 aliphatic heterocycles. The number of nitrogens with zero attached hydrogens (tertiary/aromatic N) is 1. The van der Waals surface area contributed by atoms with Gasteiger partial charge in [0.05, 0.1) is 19.7 Å². The van der Waals surface area contributed by atoms with Gasteiger partial charge in [-0.3, -0.25) is 9.71 Å². The molecule has 0 atom stereocenters. The number of fused-ring (bicyclic) bond motifs is 1. The number of hydrogen-bond donors (Lipinski definition) is 1. The van der Waals surface area contributed by atoms with E-state index in [4.69, 9.17) is 14.2 Å². The molecule has 0 fully saturated rings. The van der Waals surface area contributed by atoms with Crippen molar-refractivity contribution >= 4 is 26.6 Å². The second kappa shape index (κ2) is 9.14. The summed E-state index contributed by atoms with van der Waals surface area (Å²) < 4.78 is 71.5. The van der Waals surface area contributed by atoms with Gasteiger partial charge in [0.2, 0.25) is 0 Å². The van der Waals surface area contributed by atoms with Gasteiger partial charge in [0.25, 0.3) is 10.0 Å². The molecule has 1 aromatic heterocycles. The van der Waals surface area contributed by atoms with Crippen LogP contribution >= 0.6 is 0 Å². The Bertz CT molecular complexity index is 1490. The predicted molar refractivity (Wildman–Crippen MR) is 123 cm³/mol. The topological polar surface area (TPSA) is 86.8 Å². The highest BCUT2D eigenvalue weighted by atomic mass is 32.2. The van der Waals surface area contributed by atoms with Crippen molar-refractivity contribution in [2.75, 3.05) is 18.9 Å². The summed E-state index contributed by atoms with van der Waals surface area (Å²) in [5.74, 6) is 0.0928. The first-order valence-corrected chi connectivity index (χ1v) is 11.5. The normalized spacial score (nSPS) is 11.3. The van der Waals surface area contributed by atoms with Gasteiger partial charge in [-0.15, -0.1) is 0 Å². The fourth-order valence-corrected chi connectivity index (χ4v) is 4.52. The first-order valence-electron chi connectivity index (χ1n) is 9.99. The van der Waals surface area contributed by atoms with Crippen LogP contribution in [0.1, 0.15) is 5.56 Å². The van der Waals surface area contributed by atoms with Gasteiger partial charge in [0.1, 0.15) is 28.0 Å². The molecule has 0 aliphatic carbocycles. The second-order valence-corrected chi connectivity index (χ2v) is 8.95. The van der Waals surface area contributed by atoms with Crippen molar-refractivity contribution in [1.29, 1.82) is 0 Å². The van der Waals surface area contributed by atoms with Crippen LogP contribution in [-0.4, -0.2) is 27.6 Å². The predicted octanol–water partition coefficient (Wildman–Crippen LogP) is 5.43. The van der Waals surface area contributed by atoms with E-state index in [1.165, 1.54) is 26.4 Å². The summed E-state index contributed by atoms with van der Waals surface area (Å²) in [4.78, 5) is 3.56. The average molecular weight is 486 g/mol. The quantitative estimate of drug-likeness (QED) is 0.375. The molecular weight excluding hydrogens is 466 g/mol. The van der Waals surface area contributed by atoms with E-state index < -0.39 is 26.6 Å². The number of methoxy groups -OCH3 is 2. The third-order valence-corrected chi connectivity index (χ3v) is 6.43. The third kappa shape index (κ3) is 4.58. The van der Waals surface area contributed by atoms with Crippen LogP contribution in [0.15, 0.2) is 65.7 Å². The van der Waals surface area contributed by atoms with Gasteiger partial charge in [-0.25, -0.2) is 17.2 Å². The van der Waals surface area contributed by atoms with Crippen molar-refractivity contribution in [2.45, 2.75) is 11.8 Å². The second-order valence-electron chi connectivity index (χ2n) is 7.30. The van der Waals surface area contributed by atoms with Gasteiger partial charge in [-0.1, -0.05) is 0 Å². The van der Waals surface area contributed by atoms with Crippen LogP contribution in [0.4, 0.5) is 14.5 Å². The third-order valence-electron chi connectivity index (χ3n) is 5.04. The zero-order chi connectivity index (χ0) is 24.5. The van der Waals surface area contributed by atoms with Crippen LogP contribution in [0.5, 0.6) is 23.0 Å². The lowest BCUT2D eigenvalue weighted by molar-refractivity contribution is 0.355. The largest absolute Gasteiger partial charge is 0.493 e. The van der Waals surface area contributed by atoms with Crippen molar-refractivity contribution < 1.29 is 31.4 Å². The van der Waals surface area contributed by atoms with Gasteiger partial charge in [-0.05, 0) is 61.0 Å². The van der Waals surface area contributed by atoms with Crippen LogP contribution in [0, 0.1) is 18.6 Å². The van der Waals surface area contributed by atoms with Crippen molar-refractivity contribution in [3.05, 3.63) is 78.0 Å². The van der Waals surface area contributed by atoms with Crippen LogP contribution in [0.2, 0.25) is 0 Å². The number of benzene rings is 3. The van der Waals surface area contributed by atoms with Crippen LogP contribution in [0.25, 0.3) is 10.9 Å². The minimum absolute atomic E-state index is 0.166. The summed E-state index contributed by atoms with van der Waals surface area (Å²) in [6.45, 7) is 1.73. The molecule has 0 saturated heterocycles. The molecule has 0 bridgehead atoms. The van der Waals surface area contributed by atoms with E-state index in [0.29, 0.717) is 45.5 Å². The highest BCUT2D eigenvalue weighted by molar-refractivity contribution is 7.92. The zero-order valence-corrected chi connectivity index (χ0v) is 19.2. The summed E-state index contributed by atoms with van der Waals surface area (Å²) in [6, 6.07) is 12.0. The molecule has 0 aliphatic rings. The fourth-order valence-electron chi connectivity index (χ4n) is 3.38. The molecule has 10 heteroatoms. The number of anilines is 1. The van der Waals surface area contributed by atoms with E-state index in [9.17, 15) is 17.2 Å². The molecule has 0 amide bonds. The van der Waals surface area contributed by atoms with E-state index in [1.807, 2.05) is 0 Å². The Balaban J connectivity index is 1.63. The van der Waals surface area contributed by atoms with Gasteiger partial charge in [0, 0.05) is 23.3 Å². The van der Waals surface area contributed by atoms with Gasteiger partial charge in [-0.2, -0.15) is 0 Å². The van der Waals surface area contributed by atoms with E-state index in [-0.39, 0.29) is 5.69 Å². The number of nitrogens with one attached hydrogen (secondary N) is 1. The lowest BCUT2D eigenvalue weighted by Gasteiger charge is -2.15. The Kier molecular flexibility index (Phi) is 6.25. The Morgan fingerprint density at radius 2 is 1.59 bits per heavy atom. The summed E-state index contributed by atoms with van der Waals surface area (Å²) in [5, 5.41) is 0.686. The number of rotatable bonds is 7. The van der Waals surface area contributed by atoms with Crippen LogP contribution < -0.4 is 18.9 Å². The van der Waals surface area contributed by atoms with Crippen molar-refractivity contribution in [3.8, 4) is 23.0 Å². The number of aromatic nitrogens is 1. The number of ether oxygens (including phenoxy) is 3. The van der Waals surface area contributed by atoms with E-state index >= 15 is 0 Å². The molecule has 1 heterocycles. The lowest BCUT2D eigenvalue weighted by Crippen LogP contribution is -2.15. The number of halogens is 2. The Morgan fingerprint density at radius 1 is 0.853 bits per heavy atom. The Hall–Kier alpha value is -3.92. The summed E-state index contributed by atoms with van der Waals surface area (Å²) >= 11 is 0. The van der Waals surface area contributed by atoms with Gasteiger partial charge >= 0.3 is 0 Å². The zero-order valence-electron chi connectivity index (χ0n) is 18.4. The first-order chi connectivity index (χ1) is 16.2. The minimum Gasteiger partial charge on any atom is -0.493 e. The average Bonchev–Trinajstić information content (AvgIpc) is 2.81. The molecule has 34 heavy (non-hydrogen) atoms. The molecule has 7 nitrogen and oxygen atoms in total. The smallest absolute Gasteiger partial charge is 0.264 e. The van der Waals surface area contributed by atoms with E-state index in [2.05, 4.69) is 9.71 Å². The standard InChI is InChI=1S/C24H20F2N2O5S/c1-14-10-16(28-34(29,30)24-11-15(25)4-6-18(24)26)5-7-20(14)33-21-8-9-27-19-13-23(32-3)22(31-2)12-17(19)21/h4-13,28H,1-3H3. The molecule has 4 rings (SSSR count). The monoisotopic (exact) mass is 486 g/mol. The van der Waals surface area contributed by atoms with Crippen molar-refractivity contribution in [3.63, 3.8) is 0 Å². The lowest BCUT2D eigenvalue weighted by atomic mass is 10.1. The molecule has 0 unspecified atom stereocenters. The Labute approximate surface area is 195 Å². The minimum atomic E-state index is -4.34. The molecule has 3 aromatic carbocycles. The molecule has 4 aromatic rings. The van der Waals surface area contributed by atoms with Crippen molar-refractivity contribution in [2.24, 2.45) is 0 Å². The Morgan fingerprint density at radius 3 is 2.29 bits per heavy atom. The van der Waals surface area contributed by atoms with E-state index in [1.54, 1.807) is 37.4 Å². The first kappa shape index (κ1) is 23.2. The van der Waals surface area contributed by atoms with Crippen LogP contribution in [-0.2, 0) is 10.0 Å². The molecule has 0 spiro atoms. The molecule has 0 radical (unpaired) electrons. The maximum absolute atomic E-state index is 14.0. The number of hydrogen-bond acceptors (Lipinski definition) is 6. The SMILES string of the molecule is COc1cc2nccc(Oc3ccc(NS(=O)(=O)c4cc(F)ccc4F)cc3C)c2cc1OC. The number of aryl methyl sites for hydroxylation is 1. The fraction of sp³-hybridized carbons (Fsp3) is 0.125. The maximum Gasteiger partial charge on any atom is 0.264 e. The molecule has 0 saturated carbocycles. The summed E-state index contributed by atoms with van der Waals surface area (Å²) in [6.07, 6.45) is 1.59. The van der Waals surface area contributed by atoms with Crippen LogP contribution in [0.3, 0.4) is 0 Å². The van der Waals surface area contributed by atoms with Crippen molar-refractivity contribution in [1.82, 2.24) is 4.98 Å². The van der Waals surface area contributed by atoms with E-state index in [0.717, 1.165) is 12.1 Å². The highest BCUT2D eigenvalue weighted by Gasteiger charge is 2.21. The summed E-state index contributed by atoms with van der Waals surface area (Å²) in [5.41, 5.74) is 1.40. The number of sulfonamides is 1. The molecular formula is C24H20F2N2O5S. The maximum atomic E-state index is 14.0. The number of pyridine rings is 1. The van der Waals surface area contributed by atoms with Gasteiger partial charge < -0.3 is 14.2 Å². The highest BCUT2D eigenvalue weighted by Crippen LogP contribution is 2.37. The van der Waals surface area contributed by atoms with Gasteiger partial charge in [0.15, 0.2) is 11.5 Å². The molecule has 176 valence electrons. The summed E-state index contributed by atoms with van der Waals surface area (Å²) in [7, 11) is -1.28. The molecule has 1 N–H and O–H groups in total.